The molecule has 0 saturated heterocycles. The van der Waals surface area contributed by atoms with Crippen molar-refractivity contribution >= 4 is 38.0 Å². The van der Waals surface area contributed by atoms with Crippen molar-refractivity contribution in [2.45, 2.75) is 43.9 Å². The molecule has 0 saturated carbocycles. The molecule has 0 amide bonds. The Hall–Kier alpha value is -3.56. The minimum Gasteiger partial charge on any atom is -0.481 e. The third kappa shape index (κ3) is 7.24. The average molecular weight is 536 g/mol. The zero-order valence-corrected chi connectivity index (χ0v) is 22.3. The zero-order valence-electron chi connectivity index (χ0n) is 20.7. The van der Waals surface area contributed by atoms with Crippen LogP contribution in [-0.2, 0) is 27.5 Å². The molecule has 0 fully saturated rings. The predicted molar refractivity (Wildman–Crippen MR) is 146 cm³/mol. The number of hydrogen-bond acceptors (Lipinski definition) is 7. The molecule has 0 spiro atoms. The minimum absolute atomic E-state index is 0.191. The van der Waals surface area contributed by atoms with Gasteiger partial charge >= 0.3 is 5.97 Å². The van der Waals surface area contributed by atoms with Crippen molar-refractivity contribution in [3.63, 3.8) is 0 Å². The van der Waals surface area contributed by atoms with Crippen molar-refractivity contribution < 1.29 is 18.3 Å². The fraction of sp³-hybridized carbons (Fsp3) is 0.250. The number of carboxylic acids is 1. The van der Waals surface area contributed by atoms with Gasteiger partial charge in [-0.05, 0) is 73.7 Å². The number of hydrogen-bond donors (Lipinski definition) is 2. The van der Waals surface area contributed by atoms with Gasteiger partial charge in [-0.3, -0.25) is 9.78 Å². The maximum Gasteiger partial charge on any atom is 0.303 e. The van der Waals surface area contributed by atoms with E-state index in [1.807, 2.05) is 31.2 Å². The number of nitrogens with zero attached hydrogens (tertiary/aromatic N) is 2. The molecule has 1 unspecified atom stereocenters. The van der Waals surface area contributed by atoms with Crippen LogP contribution in [0.1, 0.15) is 39.6 Å². The highest BCUT2D eigenvalue weighted by atomic mass is 32.2. The highest BCUT2D eigenvalue weighted by molar-refractivity contribution is 7.91. The molecule has 9 heteroatoms. The second-order valence-corrected chi connectivity index (χ2v) is 12.2. The van der Waals surface area contributed by atoms with Gasteiger partial charge in [-0.1, -0.05) is 30.3 Å². The van der Waals surface area contributed by atoms with Crippen LogP contribution in [0.3, 0.4) is 0 Å². The minimum atomic E-state index is -3.68. The second-order valence-electron chi connectivity index (χ2n) is 8.99. The smallest absolute Gasteiger partial charge is 0.303 e. The van der Waals surface area contributed by atoms with Gasteiger partial charge in [0.2, 0.25) is 0 Å². The highest BCUT2D eigenvalue weighted by Gasteiger charge is 2.25. The summed E-state index contributed by atoms with van der Waals surface area (Å²) in [5.41, 5.74) is 4.81. The molecule has 37 heavy (non-hydrogen) atoms. The van der Waals surface area contributed by atoms with Crippen LogP contribution in [-0.4, -0.2) is 35.2 Å². The summed E-state index contributed by atoms with van der Waals surface area (Å²) < 4.78 is 26.1. The first-order valence-electron chi connectivity index (χ1n) is 11.9. The fourth-order valence-electron chi connectivity index (χ4n) is 4.07. The average Bonchev–Trinajstić information content (AvgIpc) is 3.19. The number of aromatic nitrogens is 2. The Labute approximate surface area is 221 Å². The Kier molecular flexibility index (Phi) is 8.35. The lowest BCUT2D eigenvalue weighted by molar-refractivity contribution is -0.137. The van der Waals surface area contributed by atoms with Crippen LogP contribution < -0.4 is 5.32 Å². The number of rotatable bonds is 11. The van der Waals surface area contributed by atoms with Crippen LogP contribution in [0.25, 0.3) is 0 Å². The van der Waals surface area contributed by atoms with Gasteiger partial charge in [0.15, 0.2) is 15.0 Å². The van der Waals surface area contributed by atoms with Crippen LogP contribution in [0.4, 0.5) is 10.8 Å². The van der Waals surface area contributed by atoms with Gasteiger partial charge < -0.3 is 10.4 Å². The largest absolute Gasteiger partial charge is 0.481 e. The number of nitrogens with one attached hydrogen (secondary N) is 1. The zero-order chi connectivity index (χ0) is 26.4. The van der Waals surface area contributed by atoms with Crippen LogP contribution in [0.5, 0.6) is 0 Å². The number of carboxylic acid groups (broad SMARTS) is 1. The van der Waals surface area contributed by atoms with Crippen molar-refractivity contribution in [1.82, 2.24) is 9.97 Å². The maximum absolute atomic E-state index is 13.1. The third-order valence-electron chi connectivity index (χ3n) is 6.19. The van der Waals surface area contributed by atoms with E-state index in [-0.39, 0.29) is 17.1 Å². The molecular formula is C28H29N3O4S2. The first kappa shape index (κ1) is 26.5. The summed E-state index contributed by atoms with van der Waals surface area (Å²) >= 11 is 1.63. The van der Waals surface area contributed by atoms with Crippen LogP contribution in [0, 0.1) is 13.8 Å². The number of aliphatic carboxylic acids is 1. The highest BCUT2D eigenvalue weighted by Crippen LogP contribution is 2.27. The van der Waals surface area contributed by atoms with Gasteiger partial charge in [0, 0.05) is 28.9 Å². The number of carbonyl (C=O) groups is 1. The summed E-state index contributed by atoms with van der Waals surface area (Å²) in [7, 11) is -3.68. The number of aryl methyl sites for hydroxylation is 4. The van der Waals surface area contributed by atoms with Crippen LogP contribution in [0.2, 0.25) is 0 Å². The van der Waals surface area contributed by atoms with E-state index >= 15 is 0 Å². The molecule has 2 heterocycles. The molecule has 0 aliphatic heterocycles. The summed E-state index contributed by atoms with van der Waals surface area (Å²) in [6.07, 6.45) is 4.38. The standard InChI is InChI=1S/C28H29N3O4S2/c1-19-20(2)36-28(30-19)31-25-7-3-5-22(15-25)9-8-21-10-12-26(13-11-21)37(34,35)18-24(16-27(32)33)23-6-4-14-29-17-23/h3-7,10-15,17,24H,8-9,16,18H2,1-2H3,(H,30,31)(H,32,33). The molecule has 192 valence electrons. The molecule has 0 radical (unpaired) electrons. The Balaban J connectivity index is 1.40. The fourth-order valence-corrected chi connectivity index (χ4v) is 6.49. The summed E-state index contributed by atoms with van der Waals surface area (Å²) in [5.74, 6) is -2.01. The molecule has 4 rings (SSSR count). The Morgan fingerprint density at radius 1 is 1.03 bits per heavy atom. The third-order valence-corrected chi connectivity index (χ3v) is 9.01. The Bertz CT molecular complexity index is 1450. The molecule has 0 aliphatic carbocycles. The number of thiazole rings is 1. The molecule has 2 aromatic heterocycles. The predicted octanol–water partition coefficient (Wildman–Crippen LogP) is 5.72. The summed E-state index contributed by atoms with van der Waals surface area (Å²) in [4.78, 5) is 21.3. The van der Waals surface area contributed by atoms with Gasteiger partial charge in [-0.2, -0.15) is 0 Å². The number of pyridine rings is 1. The van der Waals surface area contributed by atoms with Gasteiger partial charge in [0.1, 0.15) is 0 Å². The SMILES string of the molecule is Cc1nc(Nc2cccc(CCc3ccc(S(=O)(=O)CC(CC(=O)O)c4cccnc4)cc3)c2)sc1C. The molecule has 2 aromatic carbocycles. The first-order chi connectivity index (χ1) is 17.7. The lowest BCUT2D eigenvalue weighted by Crippen LogP contribution is -2.18. The van der Waals surface area contributed by atoms with Gasteiger partial charge in [-0.25, -0.2) is 13.4 Å². The van der Waals surface area contributed by atoms with Crippen molar-refractivity contribution in [1.29, 1.82) is 0 Å². The molecule has 1 atom stereocenters. The lowest BCUT2D eigenvalue weighted by atomic mass is 10.00. The molecule has 4 aromatic rings. The van der Waals surface area contributed by atoms with E-state index in [9.17, 15) is 18.3 Å². The second kappa shape index (κ2) is 11.7. The van der Waals surface area contributed by atoms with Crippen molar-refractivity contribution in [2.24, 2.45) is 0 Å². The van der Waals surface area contributed by atoms with Crippen molar-refractivity contribution in [3.8, 4) is 0 Å². The quantitative estimate of drug-likeness (QED) is 0.253. The van der Waals surface area contributed by atoms with E-state index in [1.54, 1.807) is 41.8 Å². The lowest BCUT2D eigenvalue weighted by Gasteiger charge is -2.15. The maximum atomic E-state index is 13.1. The molecular weight excluding hydrogens is 506 g/mol. The first-order valence-corrected chi connectivity index (χ1v) is 14.4. The van der Waals surface area contributed by atoms with Gasteiger partial charge in [0.25, 0.3) is 0 Å². The molecule has 0 aliphatic rings. The summed E-state index contributed by atoms with van der Waals surface area (Å²) in [6.45, 7) is 4.05. The van der Waals surface area contributed by atoms with E-state index in [0.717, 1.165) is 34.9 Å². The van der Waals surface area contributed by atoms with Gasteiger partial charge in [-0.15, -0.1) is 11.3 Å². The molecule has 2 N–H and O–H groups in total. The van der Waals surface area contributed by atoms with E-state index in [4.69, 9.17) is 0 Å². The van der Waals surface area contributed by atoms with E-state index in [2.05, 4.69) is 34.3 Å². The van der Waals surface area contributed by atoms with Crippen LogP contribution in [0.15, 0.2) is 78.0 Å². The molecule has 7 nitrogen and oxygen atoms in total. The normalized spacial score (nSPS) is 12.3. The Morgan fingerprint density at radius 3 is 2.43 bits per heavy atom. The van der Waals surface area contributed by atoms with E-state index < -0.39 is 21.7 Å². The van der Waals surface area contributed by atoms with E-state index in [0.29, 0.717) is 5.56 Å². The Morgan fingerprint density at radius 2 is 1.78 bits per heavy atom. The van der Waals surface area contributed by atoms with E-state index in [1.165, 1.54) is 16.6 Å². The van der Waals surface area contributed by atoms with Crippen molar-refractivity contribution in [3.05, 3.63) is 100 Å². The summed E-state index contributed by atoms with van der Waals surface area (Å²) in [5, 5.41) is 13.5. The van der Waals surface area contributed by atoms with Gasteiger partial charge in [0.05, 0.1) is 22.8 Å². The topological polar surface area (TPSA) is 109 Å². The van der Waals surface area contributed by atoms with Crippen LogP contribution >= 0.6 is 11.3 Å². The summed E-state index contributed by atoms with van der Waals surface area (Å²) in [6, 6.07) is 18.5. The molecule has 0 bridgehead atoms. The number of anilines is 2. The number of benzene rings is 2. The monoisotopic (exact) mass is 535 g/mol. The van der Waals surface area contributed by atoms with Crippen molar-refractivity contribution in [2.75, 3.05) is 11.1 Å². The number of sulfone groups is 1.